The zero-order valence-corrected chi connectivity index (χ0v) is 10.6. The predicted octanol–water partition coefficient (Wildman–Crippen LogP) is 1.57. The molecular formula is C14H15N3O2. The summed E-state index contributed by atoms with van der Waals surface area (Å²) in [6.45, 7) is 2.28. The molecule has 1 atom stereocenters. The zero-order valence-electron chi connectivity index (χ0n) is 10.6. The number of anilines is 1. The molecule has 98 valence electrons. The lowest BCUT2D eigenvalue weighted by atomic mass is 9.92. The number of nitrogen functional groups attached to an aromatic ring is 1. The van der Waals surface area contributed by atoms with E-state index < -0.39 is 0 Å². The van der Waals surface area contributed by atoms with E-state index >= 15 is 0 Å². The molecule has 5 nitrogen and oxygen atoms in total. The summed E-state index contributed by atoms with van der Waals surface area (Å²) in [5, 5.41) is 0. The summed E-state index contributed by atoms with van der Waals surface area (Å²) in [4.78, 5) is 19.0. The van der Waals surface area contributed by atoms with Gasteiger partial charge in [-0.25, -0.2) is 4.98 Å². The van der Waals surface area contributed by atoms with Gasteiger partial charge in [0.1, 0.15) is 17.4 Å². The lowest BCUT2D eigenvalue weighted by Gasteiger charge is -2.25. The minimum Gasteiger partial charge on any atom is -0.493 e. The molecule has 5 heteroatoms. The Kier molecular flexibility index (Phi) is 2.74. The van der Waals surface area contributed by atoms with Crippen molar-refractivity contribution in [1.82, 2.24) is 9.97 Å². The molecule has 0 aliphatic carbocycles. The summed E-state index contributed by atoms with van der Waals surface area (Å²) < 4.78 is 5.61. The summed E-state index contributed by atoms with van der Waals surface area (Å²) in [6.07, 6.45) is 0.780. The number of benzene rings is 1. The lowest BCUT2D eigenvalue weighted by Crippen LogP contribution is -2.23. The Morgan fingerprint density at radius 3 is 3.00 bits per heavy atom. The molecule has 0 saturated heterocycles. The van der Waals surface area contributed by atoms with Crippen LogP contribution in [0, 0.1) is 6.92 Å². The van der Waals surface area contributed by atoms with E-state index in [1.165, 1.54) is 0 Å². The van der Waals surface area contributed by atoms with Gasteiger partial charge in [-0.15, -0.1) is 0 Å². The Bertz CT molecular complexity index is 679. The number of hydrogen-bond acceptors (Lipinski definition) is 4. The molecule has 1 aromatic heterocycles. The molecule has 0 saturated carbocycles. The summed E-state index contributed by atoms with van der Waals surface area (Å²) in [5.41, 5.74) is 7.12. The Morgan fingerprint density at radius 1 is 1.42 bits per heavy atom. The number of nitrogens with zero attached hydrogens (tertiary/aromatic N) is 1. The van der Waals surface area contributed by atoms with Gasteiger partial charge in [0.25, 0.3) is 5.56 Å². The summed E-state index contributed by atoms with van der Waals surface area (Å²) in [6, 6.07) is 7.81. The molecule has 19 heavy (non-hydrogen) atoms. The van der Waals surface area contributed by atoms with E-state index in [1.807, 2.05) is 24.3 Å². The molecule has 2 heterocycles. The maximum atomic E-state index is 11.8. The molecule has 3 N–H and O–H groups in total. The minimum absolute atomic E-state index is 0.0283. The molecule has 0 bridgehead atoms. The first-order valence-corrected chi connectivity index (χ1v) is 6.25. The third-order valence-corrected chi connectivity index (χ3v) is 3.50. The van der Waals surface area contributed by atoms with Gasteiger partial charge in [0.2, 0.25) is 0 Å². The number of fused-ring (bicyclic) bond motifs is 1. The van der Waals surface area contributed by atoms with Crippen LogP contribution in [0.5, 0.6) is 5.75 Å². The van der Waals surface area contributed by atoms with Crippen molar-refractivity contribution in [3.8, 4) is 5.75 Å². The highest BCUT2D eigenvalue weighted by Crippen LogP contribution is 2.36. The van der Waals surface area contributed by atoms with Gasteiger partial charge in [-0.2, -0.15) is 0 Å². The second-order valence-electron chi connectivity index (χ2n) is 4.69. The fourth-order valence-corrected chi connectivity index (χ4v) is 2.36. The summed E-state index contributed by atoms with van der Waals surface area (Å²) in [5.74, 6) is 1.78. The van der Waals surface area contributed by atoms with Crippen LogP contribution in [-0.2, 0) is 0 Å². The van der Waals surface area contributed by atoms with Crippen molar-refractivity contribution >= 4 is 5.82 Å². The molecule has 1 aliphatic heterocycles. The van der Waals surface area contributed by atoms with Crippen LogP contribution in [0.1, 0.15) is 29.3 Å². The molecule has 0 radical (unpaired) electrons. The molecule has 0 amide bonds. The van der Waals surface area contributed by atoms with E-state index in [9.17, 15) is 4.79 Å². The van der Waals surface area contributed by atoms with Crippen LogP contribution in [0.4, 0.5) is 5.82 Å². The molecule has 1 aromatic carbocycles. The Hall–Kier alpha value is -2.30. The normalized spacial score (nSPS) is 17.6. The maximum absolute atomic E-state index is 11.8. The van der Waals surface area contributed by atoms with Crippen molar-refractivity contribution in [2.45, 2.75) is 19.3 Å². The van der Waals surface area contributed by atoms with Crippen LogP contribution < -0.4 is 16.0 Å². The average Bonchev–Trinajstić information content (AvgIpc) is 2.43. The highest BCUT2D eigenvalue weighted by Gasteiger charge is 2.25. The van der Waals surface area contributed by atoms with Gasteiger partial charge >= 0.3 is 0 Å². The smallest absolute Gasteiger partial charge is 0.255 e. The lowest BCUT2D eigenvalue weighted by molar-refractivity contribution is 0.274. The predicted molar refractivity (Wildman–Crippen MR) is 72.4 cm³/mol. The van der Waals surface area contributed by atoms with E-state index in [-0.39, 0.29) is 11.5 Å². The van der Waals surface area contributed by atoms with Crippen molar-refractivity contribution < 1.29 is 4.74 Å². The number of nitrogens with two attached hydrogens (primary N) is 1. The van der Waals surface area contributed by atoms with Crippen LogP contribution in [-0.4, -0.2) is 16.6 Å². The largest absolute Gasteiger partial charge is 0.493 e. The van der Waals surface area contributed by atoms with E-state index in [0.29, 0.717) is 23.8 Å². The number of nitrogens with one attached hydrogen (secondary N) is 1. The number of para-hydroxylation sites is 1. The Morgan fingerprint density at radius 2 is 2.21 bits per heavy atom. The highest BCUT2D eigenvalue weighted by molar-refractivity contribution is 5.43. The number of ether oxygens (including phenoxy) is 1. The SMILES string of the molecule is Cc1c(N)nc(C2CCOc3ccccc32)[nH]c1=O. The zero-order chi connectivity index (χ0) is 13.4. The van der Waals surface area contributed by atoms with Gasteiger partial charge in [0, 0.05) is 11.5 Å². The monoisotopic (exact) mass is 257 g/mol. The van der Waals surface area contributed by atoms with Crippen molar-refractivity contribution in [3.05, 3.63) is 51.6 Å². The first kappa shape index (κ1) is 11.8. The third-order valence-electron chi connectivity index (χ3n) is 3.50. The molecule has 3 rings (SSSR count). The number of aromatic nitrogens is 2. The number of hydrogen-bond donors (Lipinski definition) is 2. The van der Waals surface area contributed by atoms with E-state index in [1.54, 1.807) is 6.92 Å². The van der Waals surface area contributed by atoms with Crippen molar-refractivity contribution in [2.24, 2.45) is 0 Å². The van der Waals surface area contributed by atoms with Gasteiger partial charge in [-0.05, 0) is 19.4 Å². The molecule has 2 aromatic rings. The van der Waals surface area contributed by atoms with Crippen LogP contribution in [0.15, 0.2) is 29.1 Å². The van der Waals surface area contributed by atoms with Crippen LogP contribution in [0.2, 0.25) is 0 Å². The van der Waals surface area contributed by atoms with E-state index in [4.69, 9.17) is 10.5 Å². The minimum atomic E-state index is -0.175. The first-order valence-electron chi connectivity index (χ1n) is 6.25. The standard InChI is InChI=1S/C14H15N3O2/c1-8-12(15)16-13(17-14(8)18)10-6-7-19-11-5-3-2-4-9(10)11/h2-5,10H,6-7H2,1H3,(H3,15,16,17,18). The van der Waals surface area contributed by atoms with Crippen LogP contribution in [0.25, 0.3) is 0 Å². The Labute approximate surface area is 110 Å². The van der Waals surface area contributed by atoms with Crippen molar-refractivity contribution in [3.63, 3.8) is 0 Å². The van der Waals surface area contributed by atoms with Crippen LogP contribution in [0.3, 0.4) is 0 Å². The Balaban J connectivity index is 2.12. The summed E-state index contributed by atoms with van der Waals surface area (Å²) >= 11 is 0. The van der Waals surface area contributed by atoms with E-state index in [0.717, 1.165) is 17.7 Å². The number of aromatic amines is 1. The molecule has 0 fully saturated rings. The first-order chi connectivity index (χ1) is 9.16. The summed E-state index contributed by atoms with van der Waals surface area (Å²) in [7, 11) is 0. The second kappa shape index (κ2) is 4.42. The average molecular weight is 257 g/mol. The van der Waals surface area contributed by atoms with Crippen LogP contribution >= 0.6 is 0 Å². The van der Waals surface area contributed by atoms with Gasteiger partial charge in [-0.3, -0.25) is 4.79 Å². The van der Waals surface area contributed by atoms with Gasteiger partial charge in [0.15, 0.2) is 0 Å². The van der Waals surface area contributed by atoms with Gasteiger partial charge in [0.05, 0.1) is 12.2 Å². The van der Waals surface area contributed by atoms with Gasteiger partial charge < -0.3 is 15.5 Å². The fourth-order valence-electron chi connectivity index (χ4n) is 2.36. The second-order valence-corrected chi connectivity index (χ2v) is 4.69. The number of rotatable bonds is 1. The highest BCUT2D eigenvalue weighted by atomic mass is 16.5. The molecular weight excluding hydrogens is 242 g/mol. The maximum Gasteiger partial charge on any atom is 0.255 e. The number of H-pyrrole nitrogens is 1. The third kappa shape index (κ3) is 1.97. The van der Waals surface area contributed by atoms with E-state index in [2.05, 4.69) is 9.97 Å². The van der Waals surface area contributed by atoms with Gasteiger partial charge in [-0.1, -0.05) is 18.2 Å². The quantitative estimate of drug-likeness (QED) is 0.812. The topological polar surface area (TPSA) is 81.0 Å². The fraction of sp³-hybridized carbons (Fsp3) is 0.286. The molecule has 1 unspecified atom stereocenters. The van der Waals surface area contributed by atoms with Crippen molar-refractivity contribution in [1.29, 1.82) is 0 Å². The molecule has 1 aliphatic rings. The molecule has 0 spiro atoms. The van der Waals surface area contributed by atoms with Crippen molar-refractivity contribution in [2.75, 3.05) is 12.3 Å².